The number of nitrogens with one attached hydrogen (secondary N) is 2. The molecule has 8 heteroatoms. The maximum atomic E-state index is 12.3. The maximum Gasteiger partial charge on any atom is 0.341 e. The minimum Gasteiger partial charge on any atom is -0.334 e. The minimum atomic E-state index is -0.475. The van der Waals surface area contributed by atoms with E-state index in [1.807, 2.05) is 35.1 Å². The highest BCUT2D eigenvalue weighted by atomic mass is 16.2. The van der Waals surface area contributed by atoms with Crippen molar-refractivity contribution in [1.29, 1.82) is 0 Å². The van der Waals surface area contributed by atoms with E-state index in [0.717, 1.165) is 17.3 Å². The number of likely N-dealkylation sites (tertiary alicyclic amines) is 1. The molecule has 0 spiro atoms. The molecule has 1 fully saturated rings. The van der Waals surface area contributed by atoms with Crippen LogP contribution in [0.2, 0.25) is 0 Å². The smallest absolute Gasteiger partial charge is 0.334 e. The number of fused-ring (bicyclic) bond motifs is 1. The molecule has 1 aromatic carbocycles. The van der Waals surface area contributed by atoms with Gasteiger partial charge in [-0.25, -0.2) is 9.89 Å². The topological polar surface area (TPSA) is 99.7 Å². The normalized spacial score (nSPS) is 18.2. The van der Waals surface area contributed by atoms with Gasteiger partial charge in [0.25, 0.3) is 5.91 Å². The summed E-state index contributed by atoms with van der Waals surface area (Å²) < 4.78 is 1.97. The van der Waals surface area contributed by atoms with Crippen molar-refractivity contribution in [2.24, 2.45) is 0 Å². The molecule has 3 heterocycles. The summed E-state index contributed by atoms with van der Waals surface area (Å²) in [4.78, 5) is 27.4. The van der Waals surface area contributed by atoms with Crippen molar-refractivity contribution >= 4 is 16.8 Å². The average molecular weight is 298 g/mol. The van der Waals surface area contributed by atoms with E-state index < -0.39 is 5.69 Å². The minimum absolute atomic E-state index is 0.0518. The number of carbonyl (C=O) groups excluding carboxylic acids is 1. The zero-order valence-corrected chi connectivity index (χ0v) is 11.7. The van der Waals surface area contributed by atoms with Gasteiger partial charge in [0.2, 0.25) is 5.82 Å². The van der Waals surface area contributed by atoms with Crippen molar-refractivity contribution in [3.8, 4) is 0 Å². The Morgan fingerprint density at radius 2 is 2.18 bits per heavy atom. The Bertz CT molecular complexity index is 892. The third-order valence-electron chi connectivity index (χ3n) is 4.01. The molecule has 3 aromatic rings. The first kappa shape index (κ1) is 12.8. The van der Waals surface area contributed by atoms with Crippen molar-refractivity contribution < 1.29 is 4.79 Å². The summed E-state index contributed by atoms with van der Waals surface area (Å²) >= 11 is 0. The second kappa shape index (κ2) is 4.83. The first-order valence-corrected chi connectivity index (χ1v) is 7.08. The maximum absolute atomic E-state index is 12.3. The first-order valence-electron chi connectivity index (χ1n) is 7.08. The van der Waals surface area contributed by atoms with Gasteiger partial charge in [-0.2, -0.15) is 5.10 Å². The zero-order chi connectivity index (χ0) is 15.1. The van der Waals surface area contributed by atoms with Gasteiger partial charge in [-0.05, 0) is 12.5 Å². The Morgan fingerprint density at radius 1 is 1.32 bits per heavy atom. The van der Waals surface area contributed by atoms with Crippen LogP contribution < -0.4 is 5.69 Å². The SMILES string of the molecule is O=C(c1n[nH]c(=O)[nH]1)N1CCC(n2ncc3ccccc32)C1. The number of aromatic amines is 2. The molecule has 0 aliphatic carbocycles. The number of rotatable bonds is 2. The van der Waals surface area contributed by atoms with Gasteiger partial charge < -0.3 is 4.90 Å². The van der Waals surface area contributed by atoms with Crippen LogP contribution in [0, 0.1) is 0 Å². The van der Waals surface area contributed by atoms with E-state index in [4.69, 9.17) is 0 Å². The third kappa shape index (κ3) is 2.00. The number of hydrogen-bond acceptors (Lipinski definition) is 4. The van der Waals surface area contributed by atoms with Crippen LogP contribution in [0.5, 0.6) is 0 Å². The molecular weight excluding hydrogens is 284 g/mol. The highest BCUT2D eigenvalue weighted by Crippen LogP contribution is 2.25. The van der Waals surface area contributed by atoms with E-state index in [1.165, 1.54) is 0 Å². The van der Waals surface area contributed by atoms with Crippen molar-refractivity contribution in [3.05, 3.63) is 46.8 Å². The van der Waals surface area contributed by atoms with Crippen molar-refractivity contribution in [1.82, 2.24) is 29.9 Å². The van der Waals surface area contributed by atoms with Crippen LogP contribution in [0.25, 0.3) is 10.9 Å². The van der Waals surface area contributed by atoms with Crippen LogP contribution in [0.4, 0.5) is 0 Å². The number of carbonyl (C=O) groups is 1. The molecule has 2 aromatic heterocycles. The van der Waals surface area contributed by atoms with Gasteiger partial charge in [0.1, 0.15) is 0 Å². The fourth-order valence-corrected chi connectivity index (χ4v) is 2.93. The Kier molecular flexibility index (Phi) is 2.81. The molecule has 22 heavy (non-hydrogen) atoms. The number of amides is 1. The molecule has 2 N–H and O–H groups in total. The number of hydrogen-bond donors (Lipinski definition) is 2. The van der Waals surface area contributed by atoms with Gasteiger partial charge in [-0.1, -0.05) is 18.2 Å². The summed E-state index contributed by atoms with van der Waals surface area (Å²) in [6, 6.07) is 8.14. The molecule has 0 bridgehead atoms. The number of para-hydroxylation sites is 1. The van der Waals surface area contributed by atoms with Crippen LogP contribution >= 0.6 is 0 Å². The molecule has 1 atom stereocenters. The lowest BCUT2D eigenvalue weighted by Gasteiger charge is -2.15. The Labute approximate surface area is 124 Å². The van der Waals surface area contributed by atoms with Crippen LogP contribution in [0.3, 0.4) is 0 Å². The number of benzene rings is 1. The molecule has 8 nitrogen and oxygen atoms in total. The number of aromatic nitrogens is 5. The summed E-state index contributed by atoms with van der Waals surface area (Å²) in [5.74, 6) is -0.215. The molecule has 1 aliphatic heterocycles. The van der Waals surface area contributed by atoms with E-state index in [9.17, 15) is 9.59 Å². The molecule has 1 saturated heterocycles. The average Bonchev–Trinajstić information content (AvgIpc) is 3.24. The lowest BCUT2D eigenvalue weighted by molar-refractivity contribution is 0.0775. The highest BCUT2D eigenvalue weighted by Gasteiger charge is 2.30. The summed E-state index contributed by atoms with van der Waals surface area (Å²) in [5.41, 5.74) is 0.590. The molecule has 0 radical (unpaired) electrons. The lowest BCUT2D eigenvalue weighted by Crippen LogP contribution is -2.30. The molecular formula is C14H14N6O2. The van der Waals surface area contributed by atoms with E-state index >= 15 is 0 Å². The van der Waals surface area contributed by atoms with E-state index in [1.54, 1.807) is 4.90 Å². The first-order chi connectivity index (χ1) is 10.7. The Balaban J connectivity index is 1.57. The molecule has 1 unspecified atom stereocenters. The quantitative estimate of drug-likeness (QED) is 0.721. The van der Waals surface area contributed by atoms with Crippen molar-refractivity contribution in [2.75, 3.05) is 13.1 Å². The summed E-state index contributed by atoms with van der Waals surface area (Å²) in [6.45, 7) is 1.17. The second-order valence-electron chi connectivity index (χ2n) is 5.37. The monoisotopic (exact) mass is 298 g/mol. The van der Waals surface area contributed by atoms with Gasteiger partial charge in [-0.3, -0.25) is 14.5 Å². The van der Waals surface area contributed by atoms with E-state index in [-0.39, 0.29) is 17.8 Å². The molecule has 4 rings (SSSR count). The molecule has 1 aliphatic rings. The number of nitrogens with zero attached hydrogens (tertiary/aromatic N) is 4. The fraction of sp³-hybridized carbons (Fsp3) is 0.286. The van der Waals surface area contributed by atoms with E-state index in [0.29, 0.717) is 13.1 Å². The van der Waals surface area contributed by atoms with E-state index in [2.05, 4.69) is 20.3 Å². The van der Waals surface area contributed by atoms with Crippen molar-refractivity contribution in [3.63, 3.8) is 0 Å². The summed E-state index contributed by atoms with van der Waals surface area (Å²) in [7, 11) is 0. The van der Waals surface area contributed by atoms with Crippen LogP contribution in [-0.4, -0.2) is 48.9 Å². The lowest BCUT2D eigenvalue weighted by atomic mass is 10.2. The van der Waals surface area contributed by atoms with Gasteiger partial charge in [0.15, 0.2) is 0 Å². The van der Waals surface area contributed by atoms with Gasteiger partial charge in [-0.15, -0.1) is 5.10 Å². The molecule has 0 saturated carbocycles. The predicted octanol–water partition coefficient (Wildman–Crippen LogP) is 0.535. The standard InChI is InChI=1S/C14H14N6O2/c21-13(12-16-14(22)18-17-12)19-6-5-10(8-19)20-11-4-2-1-3-9(11)7-15-20/h1-4,7,10H,5-6,8H2,(H2,16,17,18,22). The van der Waals surface area contributed by atoms with Crippen LogP contribution in [0.1, 0.15) is 23.1 Å². The van der Waals surface area contributed by atoms with Crippen LogP contribution in [0.15, 0.2) is 35.3 Å². The Morgan fingerprint density at radius 3 is 3.00 bits per heavy atom. The predicted molar refractivity (Wildman–Crippen MR) is 78.5 cm³/mol. The van der Waals surface area contributed by atoms with Crippen molar-refractivity contribution in [2.45, 2.75) is 12.5 Å². The second-order valence-corrected chi connectivity index (χ2v) is 5.37. The third-order valence-corrected chi connectivity index (χ3v) is 4.01. The van der Waals surface area contributed by atoms with Gasteiger partial charge >= 0.3 is 5.69 Å². The summed E-state index contributed by atoms with van der Waals surface area (Å²) in [6.07, 6.45) is 2.66. The van der Waals surface area contributed by atoms with Gasteiger partial charge in [0.05, 0.1) is 17.8 Å². The fourth-order valence-electron chi connectivity index (χ4n) is 2.93. The molecule has 1 amide bonds. The molecule has 112 valence electrons. The van der Waals surface area contributed by atoms with Crippen LogP contribution in [-0.2, 0) is 0 Å². The zero-order valence-electron chi connectivity index (χ0n) is 11.7. The highest BCUT2D eigenvalue weighted by molar-refractivity contribution is 5.90. The Hall–Kier alpha value is -2.90. The summed E-state index contributed by atoms with van der Waals surface area (Å²) in [5, 5.41) is 11.4. The van der Waals surface area contributed by atoms with Gasteiger partial charge in [0, 0.05) is 18.5 Å². The largest absolute Gasteiger partial charge is 0.341 e. The number of H-pyrrole nitrogens is 2.